The molecule has 0 bridgehead atoms. The Morgan fingerprint density at radius 3 is 2.79 bits per heavy atom. The van der Waals surface area contributed by atoms with Crippen molar-refractivity contribution in [3.8, 4) is 0 Å². The lowest BCUT2D eigenvalue weighted by Crippen LogP contribution is -1.91. The van der Waals surface area contributed by atoms with Crippen molar-refractivity contribution in [1.82, 2.24) is 4.98 Å². The highest BCUT2D eigenvalue weighted by Crippen LogP contribution is 2.30. The van der Waals surface area contributed by atoms with E-state index in [9.17, 15) is 0 Å². The average molecular weight is 294 g/mol. The highest BCUT2D eigenvalue weighted by atomic mass is 35.5. The molecule has 0 aliphatic carbocycles. The van der Waals surface area contributed by atoms with Crippen molar-refractivity contribution in [2.45, 2.75) is 0 Å². The first kappa shape index (κ1) is 12.1. The molecule has 0 fully saturated rings. The number of hydrogen-bond acceptors (Lipinski definition) is 4. The van der Waals surface area contributed by atoms with Crippen LogP contribution >= 0.6 is 23.2 Å². The van der Waals surface area contributed by atoms with Gasteiger partial charge in [0.2, 0.25) is 0 Å². The van der Waals surface area contributed by atoms with Crippen LogP contribution in [0.4, 0.5) is 17.4 Å². The molecule has 0 atom stereocenters. The third-order valence-electron chi connectivity index (χ3n) is 2.62. The summed E-state index contributed by atoms with van der Waals surface area (Å²) < 4.78 is 5.54. The molecule has 19 heavy (non-hydrogen) atoms. The lowest BCUT2D eigenvalue weighted by molar-refractivity contribution is 0.623. The van der Waals surface area contributed by atoms with Gasteiger partial charge in [0.15, 0.2) is 5.58 Å². The highest BCUT2D eigenvalue weighted by molar-refractivity contribution is 6.35. The molecule has 0 saturated heterocycles. The Morgan fingerprint density at radius 1 is 1.16 bits per heavy atom. The van der Waals surface area contributed by atoms with E-state index in [1.165, 1.54) is 0 Å². The van der Waals surface area contributed by atoms with Crippen LogP contribution < -0.4 is 11.1 Å². The number of benzene rings is 2. The van der Waals surface area contributed by atoms with E-state index >= 15 is 0 Å². The number of aromatic nitrogens is 1. The predicted molar refractivity (Wildman–Crippen MR) is 78.2 cm³/mol. The molecule has 3 N–H and O–H groups in total. The normalized spacial score (nSPS) is 10.8. The lowest BCUT2D eigenvalue weighted by Gasteiger charge is -2.04. The van der Waals surface area contributed by atoms with Crippen molar-refractivity contribution < 1.29 is 4.42 Å². The molecule has 3 rings (SSSR count). The molecule has 2 aromatic carbocycles. The molecule has 96 valence electrons. The van der Waals surface area contributed by atoms with E-state index in [0.29, 0.717) is 38.5 Å². The number of hydrogen-bond donors (Lipinski definition) is 2. The van der Waals surface area contributed by atoms with Gasteiger partial charge in [0.1, 0.15) is 5.52 Å². The number of nitrogens with one attached hydrogen (secondary N) is 1. The number of para-hydroxylation sites is 1. The smallest absolute Gasteiger partial charge is 0.300 e. The minimum Gasteiger partial charge on any atom is -0.423 e. The van der Waals surface area contributed by atoms with E-state index in [4.69, 9.17) is 33.4 Å². The van der Waals surface area contributed by atoms with Gasteiger partial charge in [0.25, 0.3) is 6.01 Å². The van der Waals surface area contributed by atoms with Crippen molar-refractivity contribution in [2.75, 3.05) is 11.1 Å². The second-order valence-electron chi connectivity index (χ2n) is 3.96. The van der Waals surface area contributed by atoms with Gasteiger partial charge in [-0.3, -0.25) is 0 Å². The second-order valence-corrected chi connectivity index (χ2v) is 4.81. The Kier molecular flexibility index (Phi) is 2.97. The molecule has 0 amide bonds. The highest BCUT2D eigenvalue weighted by Gasteiger charge is 2.10. The Hall–Kier alpha value is -1.91. The molecule has 1 aromatic heterocycles. The molecule has 6 heteroatoms. The molecule has 0 aliphatic rings. The first-order valence-corrected chi connectivity index (χ1v) is 6.26. The van der Waals surface area contributed by atoms with Crippen LogP contribution in [0.15, 0.2) is 40.8 Å². The Labute approximate surface area is 119 Å². The number of halogens is 2. The third-order valence-corrected chi connectivity index (χ3v) is 3.18. The maximum absolute atomic E-state index is 6.06. The number of nitrogens with two attached hydrogens (primary N) is 1. The maximum atomic E-state index is 6.06. The number of anilines is 3. The van der Waals surface area contributed by atoms with Crippen LogP contribution in [0.3, 0.4) is 0 Å². The van der Waals surface area contributed by atoms with E-state index < -0.39 is 0 Å². The van der Waals surface area contributed by atoms with E-state index in [2.05, 4.69) is 10.3 Å². The summed E-state index contributed by atoms with van der Waals surface area (Å²) in [4.78, 5) is 4.27. The molecule has 3 aromatic rings. The fourth-order valence-corrected chi connectivity index (χ4v) is 2.07. The van der Waals surface area contributed by atoms with Crippen LogP contribution in [0, 0.1) is 0 Å². The lowest BCUT2D eigenvalue weighted by atomic mass is 10.3. The first-order valence-electron chi connectivity index (χ1n) is 5.50. The van der Waals surface area contributed by atoms with Crippen molar-refractivity contribution >= 4 is 51.7 Å². The molecule has 0 aliphatic heterocycles. The summed E-state index contributed by atoms with van der Waals surface area (Å²) in [5.74, 6) is 0. The fraction of sp³-hybridized carbons (Fsp3) is 0. The summed E-state index contributed by atoms with van der Waals surface area (Å²) >= 11 is 12.0. The molecule has 0 radical (unpaired) electrons. The van der Waals surface area contributed by atoms with Gasteiger partial charge < -0.3 is 15.5 Å². The fourth-order valence-electron chi connectivity index (χ4n) is 1.73. The largest absolute Gasteiger partial charge is 0.423 e. The summed E-state index contributed by atoms with van der Waals surface area (Å²) in [6.45, 7) is 0. The quantitative estimate of drug-likeness (QED) is 0.685. The Balaban J connectivity index is 2.01. The van der Waals surface area contributed by atoms with Gasteiger partial charge in [-0.1, -0.05) is 29.3 Å². The number of rotatable bonds is 2. The average Bonchev–Trinajstić information content (AvgIpc) is 2.78. The van der Waals surface area contributed by atoms with E-state index in [1.807, 2.05) is 0 Å². The zero-order valence-corrected chi connectivity index (χ0v) is 11.2. The SMILES string of the molecule is Nc1cccc2oc(Nc3cc(Cl)ccc3Cl)nc12. The molecular formula is C13H9Cl2N3O. The van der Waals surface area contributed by atoms with Gasteiger partial charge in [-0.25, -0.2) is 0 Å². The molecule has 4 nitrogen and oxygen atoms in total. The van der Waals surface area contributed by atoms with Gasteiger partial charge in [0.05, 0.1) is 16.4 Å². The van der Waals surface area contributed by atoms with Gasteiger partial charge in [-0.05, 0) is 30.3 Å². The maximum Gasteiger partial charge on any atom is 0.300 e. The van der Waals surface area contributed by atoms with Crippen LogP contribution in [0.2, 0.25) is 10.0 Å². The van der Waals surface area contributed by atoms with Crippen LogP contribution in [0.25, 0.3) is 11.1 Å². The van der Waals surface area contributed by atoms with Crippen molar-refractivity contribution in [2.24, 2.45) is 0 Å². The summed E-state index contributed by atoms with van der Waals surface area (Å²) in [6, 6.07) is 10.8. The van der Waals surface area contributed by atoms with Gasteiger partial charge in [-0.2, -0.15) is 4.98 Å². The molecule has 1 heterocycles. The number of nitrogens with zero attached hydrogens (tertiary/aromatic N) is 1. The van der Waals surface area contributed by atoms with E-state index in [1.54, 1.807) is 36.4 Å². The van der Waals surface area contributed by atoms with Crippen LogP contribution in [-0.4, -0.2) is 4.98 Å². The van der Waals surface area contributed by atoms with Crippen LogP contribution in [0.1, 0.15) is 0 Å². The standard InChI is InChI=1S/C13H9Cl2N3O/c14-7-4-5-8(15)10(6-7)17-13-18-12-9(16)2-1-3-11(12)19-13/h1-6H,16H2,(H,17,18). The zero-order chi connectivity index (χ0) is 13.4. The molecule has 0 spiro atoms. The number of fused-ring (bicyclic) bond motifs is 1. The Morgan fingerprint density at radius 2 is 2.00 bits per heavy atom. The van der Waals surface area contributed by atoms with Crippen molar-refractivity contribution in [3.05, 3.63) is 46.4 Å². The predicted octanol–water partition coefficient (Wildman–Crippen LogP) is 4.46. The Bertz CT molecular complexity index is 755. The zero-order valence-electron chi connectivity index (χ0n) is 9.65. The third kappa shape index (κ3) is 2.32. The van der Waals surface area contributed by atoms with Gasteiger partial charge in [-0.15, -0.1) is 0 Å². The van der Waals surface area contributed by atoms with Crippen LogP contribution in [-0.2, 0) is 0 Å². The monoisotopic (exact) mass is 293 g/mol. The van der Waals surface area contributed by atoms with Gasteiger partial charge >= 0.3 is 0 Å². The summed E-state index contributed by atoms with van der Waals surface area (Å²) in [5.41, 5.74) is 8.23. The summed E-state index contributed by atoms with van der Waals surface area (Å²) in [5, 5.41) is 4.08. The summed E-state index contributed by atoms with van der Waals surface area (Å²) in [6.07, 6.45) is 0. The van der Waals surface area contributed by atoms with Crippen LogP contribution in [0.5, 0.6) is 0 Å². The van der Waals surface area contributed by atoms with E-state index in [0.717, 1.165) is 0 Å². The first-order chi connectivity index (χ1) is 9.13. The van der Waals surface area contributed by atoms with Crippen molar-refractivity contribution in [1.29, 1.82) is 0 Å². The van der Waals surface area contributed by atoms with Gasteiger partial charge in [0, 0.05) is 5.02 Å². The minimum absolute atomic E-state index is 0.317. The number of oxazole rings is 1. The molecular weight excluding hydrogens is 285 g/mol. The molecule has 0 saturated carbocycles. The molecule has 0 unspecified atom stereocenters. The van der Waals surface area contributed by atoms with E-state index in [-0.39, 0.29) is 0 Å². The van der Waals surface area contributed by atoms with Crippen molar-refractivity contribution in [3.63, 3.8) is 0 Å². The summed E-state index contributed by atoms with van der Waals surface area (Å²) in [7, 11) is 0. The second kappa shape index (κ2) is 4.64. The topological polar surface area (TPSA) is 64.1 Å². The minimum atomic E-state index is 0.317. The number of nitrogen functional groups attached to an aromatic ring is 1.